The first kappa shape index (κ1) is 33.9. The smallest absolute Gasteiger partial charge is 0.872 e. The van der Waals surface area contributed by atoms with Gasteiger partial charge in [-0.2, -0.15) is 0 Å². The summed E-state index contributed by atoms with van der Waals surface area (Å²) in [5.74, 6) is 0.502. The van der Waals surface area contributed by atoms with Crippen LogP contribution in [0.4, 0.5) is 0 Å². The van der Waals surface area contributed by atoms with Crippen LogP contribution in [0.3, 0.4) is 0 Å². The van der Waals surface area contributed by atoms with E-state index in [4.69, 9.17) is 0 Å². The molecule has 0 N–H and O–H groups in total. The molecule has 4 aromatic carbocycles. The summed E-state index contributed by atoms with van der Waals surface area (Å²) in [6, 6.07) is 21.3. The number of hydrogen-bond donors (Lipinski definition) is 0. The molecule has 0 saturated heterocycles. The van der Waals surface area contributed by atoms with E-state index in [-0.39, 0.29) is 46.9 Å². The van der Waals surface area contributed by atoms with E-state index in [2.05, 4.69) is 0 Å². The van der Waals surface area contributed by atoms with Gasteiger partial charge in [-0.05, 0) is 55.4 Å². The maximum Gasteiger partial charge on any atom is 4.00 e. The van der Waals surface area contributed by atoms with Crippen LogP contribution in [0, 0.1) is 55.4 Å². The summed E-state index contributed by atoms with van der Waals surface area (Å²) in [6.07, 6.45) is 0. The number of aryl methyl sites for hydroxylation is 8. The van der Waals surface area contributed by atoms with Gasteiger partial charge in [-0.25, -0.2) is 0 Å². The molecular formula is C32H36O4Sn. The molecule has 0 bridgehead atoms. The van der Waals surface area contributed by atoms with E-state index < -0.39 is 0 Å². The minimum atomic E-state index is 0. The summed E-state index contributed by atoms with van der Waals surface area (Å²) in [6.45, 7) is 15.2. The van der Waals surface area contributed by atoms with Crippen molar-refractivity contribution in [3.63, 3.8) is 0 Å². The molecule has 0 aliphatic rings. The standard InChI is InChI=1S/4C8H10O.Sn/c4*1-6-3-4-8(9)7(2)5-6;/h4*3-5,9H,1-2H3;/q;;;;+4/p-4. The predicted octanol–water partition coefficient (Wildman–Crippen LogP) is 5.13. The fraction of sp³-hybridized carbons (Fsp3) is 0.250. The largest absolute Gasteiger partial charge is 4.00 e. The third-order valence-electron chi connectivity index (χ3n) is 5.32. The summed E-state index contributed by atoms with van der Waals surface area (Å²) in [7, 11) is 0. The molecule has 37 heavy (non-hydrogen) atoms. The fourth-order valence-electron chi connectivity index (χ4n) is 3.20. The molecule has 0 atom stereocenters. The summed E-state index contributed by atoms with van der Waals surface area (Å²) < 4.78 is 0. The molecule has 0 spiro atoms. The Labute approximate surface area is 239 Å². The second-order valence-corrected chi connectivity index (χ2v) is 9.08. The minimum absolute atomic E-state index is 0. The average molecular weight is 603 g/mol. The van der Waals surface area contributed by atoms with E-state index >= 15 is 0 Å². The van der Waals surface area contributed by atoms with Gasteiger partial charge < -0.3 is 20.4 Å². The van der Waals surface area contributed by atoms with Crippen molar-refractivity contribution < 1.29 is 20.4 Å². The van der Waals surface area contributed by atoms with Crippen LogP contribution in [-0.4, -0.2) is 23.9 Å². The fourth-order valence-corrected chi connectivity index (χ4v) is 3.20. The first-order chi connectivity index (χ1) is 16.8. The maximum atomic E-state index is 10.8. The van der Waals surface area contributed by atoms with Crippen molar-refractivity contribution in [1.82, 2.24) is 0 Å². The van der Waals surface area contributed by atoms with Gasteiger partial charge in [0.05, 0.1) is 0 Å². The molecule has 4 rings (SSSR count). The second kappa shape index (κ2) is 16.6. The molecule has 4 nitrogen and oxygen atoms in total. The first-order valence-corrected chi connectivity index (χ1v) is 11.8. The van der Waals surface area contributed by atoms with Gasteiger partial charge in [0, 0.05) is 0 Å². The molecule has 0 aromatic heterocycles. The second-order valence-electron chi connectivity index (χ2n) is 9.08. The predicted molar refractivity (Wildman–Crippen MR) is 147 cm³/mol. The van der Waals surface area contributed by atoms with Crippen molar-refractivity contribution in [2.75, 3.05) is 0 Å². The first-order valence-electron chi connectivity index (χ1n) is 11.8. The summed E-state index contributed by atoms with van der Waals surface area (Å²) in [5.41, 5.74) is 7.90. The van der Waals surface area contributed by atoms with Crippen LogP contribution in [0.1, 0.15) is 44.5 Å². The van der Waals surface area contributed by atoms with Crippen LogP contribution in [-0.2, 0) is 0 Å². The Morgan fingerprint density at radius 2 is 0.486 bits per heavy atom. The molecule has 0 aliphatic carbocycles. The molecule has 0 saturated carbocycles. The van der Waals surface area contributed by atoms with Gasteiger partial charge in [-0.15, -0.1) is 23.0 Å². The molecule has 0 amide bonds. The SMILES string of the molecule is Cc1ccc([O-])c(C)c1.Cc1ccc([O-])c(C)c1.Cc1ccc([O-])c(C)c1.Cc1ccc([O-])c(C)c1.[Sn+4]. The normalized spacial score (nSPS) is 9.30. The maximum absolute atomic E-state index is 10.8. The molecule has 0 fully saturated rings. The van der Waals surface area contributed by atoms with Crippen molar-refractivity contribution in [3.8, 4) is 23.0 Å². The van der Waals surface area contributed by atoms with E-state index in [1.54, 1.807) is 24.3 Å². The van der Waals surface area contributed by atoms with Gasteiger partial charge in [0.25, 0.3) is 0 Å². The van der Waals surface area contributed by atoms with Crippen molar-refractivity contribution >= 4 is 23.9 Å². The summed E-state index contributed by atoms with van der Waals surface area (Å²) in [4.78, 5) is 0. The summed E-state index contributed by atoms with van der Waals surface area (Å²) in [5, 5.41) is 43.1. The number of benzene rings is 4. The van der Waals surface area contributed by atoms with Crippen LogP contribution in [0.2, 0.25) is 0 Å². The quantitative estimate of drug-likeness (QED) is 0.261. The Morgan fingerprint density at radius 1 is 0.324 bits per heavy atom. The van der Waals surface area contributed by atoms with Crippen LogP contribution in [0.25, 0.3) is 0 Å². The van der Waals surface area contributed by atoms with Gasteiger partial charge >= 0.3 is 23.9 Å². The average Bonchev–Trinajstić information content (AvgIpc) is 2.81. The monoisotopic (exact) mass is 604 g/mol. The molecular weight excluding hydrogens is 567 g/mol. The molecule has 0 radical (unpaired) electrons. The zero-order valence-corrected chi connectivity index (χ0v) is 25.9. The van der Waals surface area contributed by atoms with E-state index in [1.807, 2.05) is 104 Å². The van der Waals surface area contributed by atoms with Gasteiger partial charge in [0.2, 0.25) is 0 Å². The molecule has 5 heteroatoms. The number of hydrogen-bond acceptors (Lipinski definition) is 4. The van der Waals surface area contributed by atoms with Crippen molar-refractivity contribution in [2.24, 2.45) is 0 Å². The number of rotatable bonds is 0. The van der Waals surface area contributed by atoms with E-state index in [0.29, 0.717) is 0 Å². The molecule has 192 valence electrons. The Balaban J connectivity index is 0.000000463. The topological polar surface area (TPSA) is 92.2 Å². The van der Waals surface area contributed by atoms with Crippen LogP contribution >= 0.6 is 0 Å². The van der Waals surface area contributed by atoms with E-state index in [9.17, 15) is 20.4 Å². The molecule has 4 aromatic rings. The van der Waals surface area contributed by atoms with Crippen molar-refractivity contribution in [2.45, 2.75) is 55.4 Å². The van der Waals surface area contributed by atoms with E-state index in [0.717, 1.165) is 44.5 Å². The van der Waals surface area contributed by atoms with Crippen LogP contribution < -0.4 is 20.4 Å². The minimum Gasteiger partial charge on any atom is -0.872 e. The van der Waals surface area contributed by atoms with Gasteiger partial charge in [0.1, 0.15) is 0 Å². The van der Waals surface area contributed by atoms with Crippen LogP contribution in [0.15, 0.2) is 72.8 Å². The van der Waals surface area contributed by atoms with Crippen molar-refractivity contribution in [3.05, 3.63) is 117 Å². The molecule has 0 unspecified atom stereocenters. The van der Waals surface area contributed by atoms with Crippen molar-refractivity contribution in [1.29, 1.82) is 0 Å². The third-order valence-corrected chi connectivity index (χ3v) is 5.32. The van der Waals surface area contributed by atoms with Gasteiger partial charge in [-0.1, -0.05) is 117 Å². The van der Waals surface area contributed by atoms with Gasteiger partial charge in [0.15, 0.2) is 0 Å². The molecule has 0 heterocycles. The third kappa shape index (κ3) is 13.1. The summed E-state index contributed by atoms with van der Waals surface area (Å²) >= 11 is 0. The van der Waals surface area contributed by atoms with E-state index in [1.165, 1.54) is 0 Å². The molecule has 0 aliphatic heterocycles. The Hall–Kier alpha value is -3.12. The van der Waals surface area contributed by atoms with Gasteiger partial charge in [-0.3, -0.25) is 0 Å². The Kier molecular flexibility index (Phi) is 15.2. The Bertz CT molecular complexity index is 1070. The zero-order chi connectivity index (χ0) is 27.4. The zero-order valence-electron chi connectivity index (χ0n) is 23.1. The Morgan fingerprint density at radius 3 is 0.595 bits per heavy atom. The van der Waals surface area contributed by atoms with Crippen LogP contribution in [0.5, 0.6) is 23.0 Å².